The minimum atomic E-state index is -1.24. The van der Waals surface area contributed by atoms with Crippen molar-refractivity contribution < 1.29 is 29.0 Å². The number of carbonyl (C=O) groups is 3. The fraction of sp³-hybridized carbons (Fsp3) is 0.400. The Labute approximate surface area is 123 Å². The molecule has 6 nitrogen and oxygen atoms in total. The van der Waals surface area contributed by atoms with Gasteiger partial charge < -0.3 is 14.6 Å². The van der Waals surface area contributed by atoms with Crippen LogP contribution < -0.4 is 0 Å². The van der Waals surface area contributed by atoms with Gasteiger partial charge in [-0.3, -0.25) is 0 Å². The van der Waals surface area contributed by atoms with Gasteiger partial charge in [-0.25, -0.2) is 14.4 Å². The molecule has 0 atom stereocenters. The molecule has 0 radical (unpaired) electrons. The topological polar surface area (TPSA) is 89.9 Å². The summed E-state index contributed by atoms with van der Waals surface area (Å²) in [6.45, 7) is 7.58. The summed E-state index contributed by atoms with van der Waals surface area (Å²) in [6.07, 6.45) is 0. The minimum Gasteiger partial charge on any atom is -0.478 e. The molecule has 1 N–H and O–H groups in total. The normalized spacial score (nSPS) is 9.14. The molecule has 6 heteroatoms. The highest BCUT2D eigenvalue weighted by Gasteiger charge is 2.17. The van der Waals surface area contributed by atoms with Crippen LogP contribution >= 0.6 is 0 Å². The highest BCUT2D eigenvalue weighted by Crippen LogP contribution is 2.13. The molecule has 0 bridgehead atoms. The van der Waals surface area contributed by atoms with E-state index in [1.54, 1.807) is 13.8 Å². The molecular weight excluding hydrogens is 276 g/mol. The zero-order valence-corrected chi connectivity index (χ0v) is 12.6. The monoisotopic (exact) mass is 296 g/mol. The third-order valence-electron chi connectivity index (χ3n) is 2.20. The first-order chi connectivity index (χ1) is 9.99. The SMILES string of the molecule is CC.CCOC(=O)c1cc(C(=O)O)cc(C(=O)OCC)c1. The van der Waals surface area contributed by atoms with Crippen LogP contribution in [0.1, 0.15) is 58.8 Å². The Bertz CT molecular complexity index is 471. The molecule has 0 heterocycles. The Balaban J connectivity index is 0.00000191. The Hall–Kier alpha value is -2.37. The van der Waals surface area contributed by atoms with Crippen LogP contribution in [0.3, 0.4) is 0 Å². The summed E-state index contributed by atoms with van der Waals surface area (Å²) < 4.78 is 9.55. The van der Waals surface area contributed by atoms with Gasteiger partial charge in [0.25, 0.3) is 0 Å². The zero-order chi connectivity index (χ0) is 16.4. The molecule has 116 valence electrons. The molecule has 1 rings (SSSR count). The summed E-state index contributed by atoms with van der Waals surface area (Å²) in [5.74, 6) is -2.61. The summed E-state index contributed by atoms with van der Waals surface area (Å²) in [5, 5.41) is 8.95. The molecule has 0 aliphatic rings. The van der Waals surface area contributed by atoms with Crippen molar-refractivity contribution in [1.29, 1.82) is 0 Å². The third-order valence-corrected chi connectivity index (χ3v) is 2.20. The van der Waals surface area contributed by atoms with Gasteiger partial charge in [0.15, 0.2) is 0 Å². The van der Waals surface area contributed by atoms with Gasteiger partial charge in [0.1, 0.15) is 0 Å². The lowest BCUT2D eigenvalue weighted by Gasteiger charge is -2.07. The number of rotatable bonds is 5. The van der Waals surface area contributed by atoms with E-state index in [2.05, 4.69) is 0 Å². The van der Waals surface area contributed by atoms with Gasteiger partial charge >= 0.3 is 17.9 Å². The number of hydrogen-bond acceptors (Lipinski definition) is 5. The first-order valence-corrected chi connectivity index (χ1v) is 6.72. The Morgan fingerprint density at radius 3 is 1.48 bits per heavy atom. The van der Waals surface area contributed by atoms with E-state index in [1.807, 2.05) is 13.8 Å². The molecule has 0 amide bonds. The molecule has 0 spiro atoms. The van der Waals surface area contributed by atoms with Crippen molar-refractivity contribution in [3.05, 3.63) is 34.9 Å². The van der Waals surface area contributed by atoms with Crippen LogP contribution in [0.4, 0.5) is 0 Å². The largest absolute Gasteiger partial charge is 0.478 e. The van der Waals surface area contributed by atoms with Crippen LogP contribution in [0.5, 0.6) is 0 Å². The second kappa shape index (κ2) is 9.52. The Morgan fingerprint density at radius 2 is 1.19 bits per heavy atom. The molecule has 0 fully saturated rings. The van der Waals surface area contributed by atoms with Gasteiger partial charge in [-0.1, -0.05) is 13.8 Å². The molecule has 0 aromatic heterocycles. The van der Waals surface area contributed by atoms with Crippen LogP contribution in [-0.4, -0.2) is 36.2 Å². The van der Waals surface area contributed by atoms with E-state index >= 15 is 0 Å². The molecule has 0 aliphatic carbocycles. The summed E-state index contributed by atoms with van der Waals surface area (Å²) >= 11 is 0. The molecular formula is C15H20O6. The second-order valence-electron chi connectivity index (χ2n) is 3.55. The number of benzene rings is 1. The predicted octanol–water partition coefficient (Wildman–Crippen LogP) is 2.76. The molecule has 0 unspecified atom stereocenters. The smallest absolute Gasteiger partial charge is 0.338 e. The van der Waals surface area contributed by atoms with Crippen LogP contribution in [0, 0.1) is 0 Å². The Morgan fingerprint density at radius 1 is 0.857 bits per heavy atom. The maximum atomic E-state index is 11.6. The van der Waals surface area contributed by atoms with Gasteiger partial charge in [0, 0.05) is 0 Å². The van der Waals surface area contributed by atoms with Gasteiger partial charge in [0.05, 0.1) is 29.9 Å². The lowest BCUT2D eigenvalue weighted by molar-refractivity contribution is 0.0525. The van der Waals surface area contributed by atoms with Gasteiger partial charge in [0.2, 0.25) is 0 Å². The van der Waals surface area contributed by atoms with Gasteiger partial charge in [-0.2, -0.15) is 0 Å². The first kappa shape index (κ1) is 18.6. The van der Waals surface area contributed by atoms with Crippen molar-refractivity contribution in [2.75, 3.05) is 13.2 Å². The predicted molar refractivity (Wildman–Crippen MR) is 76.7 cm³/mol. The summed E-state index contributed by atoms with van der Waals surface area (Å²) in [6, 6.07) is 3.56. The van der Waals surface area contributed by atoms with Gasteiger partial charge in [-0.05, 0) is 32.0 Å². The van der Waals surface area contributed by atoms with E-state index in [4.69, 9.17) is 14.6 Å². The van der Waals surface area contributed by atoms with E-state index in [0.717, 1.165) is 12.1 Å². The maximum Gasteiger partial charge on any atom is 0.338 e. The number of aromatic carboxylic acids is 1. The third kappa shape index (κ3) is 5.64. The minimum absolute atomic E-state index is 0.00445. The number of hydrogen-bond donors (Lipinski definition) is 1. The van der Waals surface area contributed by atoms with E-state index in [9.17, 15) is 14.4 Å². The van der Waals surface area contributed by atoms with Crippen molar-refractivity contribution in [2.45, 2.75) is 27.7 Å². The number of esters is 2. The summed E-state index contributed by atoms with van der Waals surface area (Å²) in [7, 11) is 0. The standard InChI is InChI=1S/C13H14O6.C2H6/c1-3-18-12(16)9-5-8(11(14)15)6-10(7-9)13(17)19-4-2;1-2/h5-7H,3-4H2,1-2H3,(H,14,15);1-2H3. The number of carboxylic acids is 1. The highest BCUT2D eigenvalue weighted by atomic mass is 16.5. The lowest BCUT2D eigenvalue weighted by Crippen LogP contribution is -2.11. The molecule has 21 heavy (non-hydrogen) atoms. The highest BCUT2D eigenvalue weighted by molar-refractivity contribution is 6.00. The number of ether oxygens (including phenoxy) is 2. The lowest BCUT2D eigenvalue weighted by atomic mass is 10.1. The maximum absolute atomic E-state index is 11.6. The molecule has 1 aromatic rings. The van der Waals surface area contributed by atoms with Crippen molar-refractivity contribution in [2.24, 2.45) is 0 Å². The average molecular weight is 296 g/mol. The van der Waals surface area contributed by atoms with E-state index in [1.165, 1.54) is 6.07 Å². The average Bonchev–Trinajstić information content (AvgIpc) is 2.49. The quantitative estimate of drug-likeness (QED) is 0.840. The molecule has 0 aliphatic heterocycles. The van der Waals surface area contributed by atoms with Crippen molar-refractivity contribution in [3.63, 3.8) is 0 Å². The van der Waals surface area contributed by atoms with Crippen molar-refractivity contribution in [1.82, 2.24) is 0 Å². The van der Waals surface area contributed by atoms with E-state index < -0.39 is 17.9 Å². The number of carboxylic acid groups (broad SMARTS) is 1. The van der Waals surface area contributed by atoms with Crippen molar-refractivity contribution >= 4 is 17.9 Å². The summed E-state index contributed by atoms with van der Waals surface area (Å²) in [5.41, 5.74) is -0.164. The number of carbonyl (C=O) groups excluding carboxylic acids is 2. The first-order valence-electron chi connectivity index (χ1n) is 6.72. The zero-order valence-electron chi connectivity index (χ0n) is 12.6. The fourth-order valence-electron chi connectivity index (χ4n) is 1.42. The Kier molecular flexibility index (Phi) is 8.45. The van der Waals surface area contributed by atoms with Crippen LogP contribution in [0.15, 0.2) is 18.2 Å². The van der Waals surface area contributed by atoms with Crippen molar-refractivity contribution in [3.8, 4) is 0 Å². The van der Waals surface area contributed by atoms with Crippen LogP contribution in [0.25, 0.3) is 0 Å². The fourth-order valence-corrected chi connectivity index (χ4v) is 1.42. The molecule has 0 saturated heterocycles. The van der Waals surface area contributed by atoms with Crippen LogP contribution in [-0.2, 0) is 9.47 Å². The van der Waals surface area contributed by atoms with Gasteiger partial charge in [-0.15, -0.1) is 0 Å². The van der Waals surface area contributed by atoms with Crippen LogP contribution in [0.2, 0.25) is 0 Å². The second-order valence-corrected chi connectivity index (χ2v) is 3.55. The van der Waals surface area contributed by atoms with E-state index in [0.29, 0.717) is 0 Å². The molecule has 1 aromatic carbocycles. The van der Waals surface area contributed by atoms with E-state index in [-0.39, 0.29) is 29.9 Å². The summed E-state index contributed by atoms with van der Waals surface area (Å²) in [4.78, 5) is 34.1. The molecule has 0 saturated carbocycles.